The summed E-state index contributed by atoms with van der Waals surface area (Å²) in [5, 5.41) is 15.8. The molecular weight excluding hydrogens is 1130 g/mol. The number of pyridine rings is 4. The predicted octanol–water partition coefficient (Wildman–Crippen LogP) is 18.4. The van der Waals surface area contributed by atoms with Gasteiger partial charge in [0.25, 0.3) is 0 Å². The zero-order valence-electron chi connectivity index (χ0n) is 55.6. The Bertz CT molecular complexity index is 6070. The summed E-state index contributed by atoms with van der Waals surface area (Å²) >= 11 is 0. The minimum Gasteiger partial charge on any atom is -0.154 e. The van der Waals surface area contributed by atoms with Crippen LogP contribution in [0, 0.1) is 62.3 Å². The van der Waals surface area contributed by atoms with Crippen LogP contribution in [0.25, 0.3) is 131 Å². The minimum atomic E-state index is 1.25. The number of hydrogen-bond donors (Lipinski definition) is 0. The Morgan fingerprint density at radius 2 is 0.710 bits per heavy atom. The maximum absolute atomic E-state index is 2.38. The first-order valence-corrected chi connectivity index (χ1v) is 32.4. The molecule has 0 aliphatic heterocycles. The highest BCUT2D eigenvalue weighted by Gasteiger charge is 2.28. The van der Waals surface area contributed by atoms with E-state index in [-0.39, 0.29) is 0 Å². The van der Waals surface area contributed by atoms with Crippen LogP contribution in [-0.4, -0.2) is 18.2 Å². The Kier molecular flexibility index (Phi) is 14.3. The molecule has 8 aromatic heterocycles. The molecule has 0 radical (unpaired) electrons. The Hall–Kier alpha value is -11.0. The van der Waals surface area contributed by atoms with Crippen molar-refractivity contribution in [2.45, 2.75) is 62.3 Å². The van der Waals surface area contributed by atoms with Crippen LogP contribution in [0.2, 0.25) is 0 Å². The highest BCUT2D eigenvalue weighted by Crippen LogP contribution is 2.40. The minimum absolute atomic E-state index is 1.25. The fraction of sp³-hybridized carbons (Fsp3) is 0.153. The van der Waals surface area contributed by atoms with Gasteiger partial charge >= 0.3 is 0 Å². The van der Waals surface area contributed by atoms with E-state index in [0.717, 1.165) is 0 Å². The third kappa shape index (κ3) is 9.24. The second kappa shape index (κ2) is 22.8. The maximum Gasteiger partial charge on any atom is 0.249 e. The average Bonchev–Trinajstić information content (AvgIpc) is 1.67. The number of rotatable bonds is 2. The molecule has 93 heavy (non-hydrogen) atoms. The quantitative estimate of drug-likeness (QED) is 0.122. The summed E-state index contributed by atoms with van der Waals surface area (Å²) in [5.41, 5.74) is 27.3. The van der Waals surface area contributed by atoms with Gasteiger partial charge in [-0.2, -0.15) is 4.68 Å². The first kappa shape index (κ1) is 58.4. The van der Waals surface area contributed by atoms with Crippen LogP contribution in [-0.2, 0) is 28.2 Å². The Morgan fingerprint density at radius 1 is 0.301 bits per heavy atom. The molecule has 18 rings (SSSR count). The molecule has 0 aliphatic carbocycles. The SMILES string of the molecule is Cc1ccc2c(c1)c1cccc(C)c1n1c2cc[n+]1C.Cc1cccc(C)c1-c1c[n+](C)n2c3c(C)cccc3c3ccccc3c12.Cc1cccc2c3ccccc3c3c(-c4ccccc4)c[n+](C)n3c12.Cc1cccc2c3ccccc3c3c(C)c(C)n(C)[n+]3c12. The molecule has 0 unspecified atom stereocenters. The summed E-state index contributed by atoms with van der Waals surface area (Å²) in [6.07, 6.45) is 6.65. The molecule has 0 bridgehead atoms. The highest BCUT2D eigenvalue weighted by atomic mass is 15.4. The van der Waals surface area contributed by atoms with Crippen LogP contribution in [0.15, 0.2) is 237 Å². The number of benzene rings is 10. The number of aryl methyl sites for hydroxylation is 12. The monoisotopic (exact) mass is 1210 g/mol. The molecule has 8 nitrogen and oxygen atoms in total. The standard InChI is InChI=1S/C25H23N2.C23H19N2.C19H19N2.C18H17N2/c1-16-9-7-10-17(2)23(16)22-15-26(4)27-24-18(3)11-8-14-20(24)19-12-5-6-13-21(19)25(22)27;1-16-9-8-14-19-18-12-6-7-13-20(18)23-21(17-10-4-3-5-11-17)15-24(2)25(23)22(16)19;1-12-8-7-11-16-15-9-5-6-10-17(15)19-13(2)14(3)20(4)21(19)18(12)16;1-12-7-8-14-16(11-12)15-6-4-5-13(2)18(15)20-17(14)9-10-19(20)3/h5-15H,1-4H3;3-15H,1-2H3;5-11H,1-4H3;4-11H,1-3H3/q4*+1. The third-order valence-electron chi connectivity index (χ3n) is 19.9. The Labute approximate surface area is 542 Å². The van der Waals surface area contributed by atoms with Gasteiger partial charge < -0.3 is 0 Å². The second-order valence-electron chi connectivity index (χ2n) is 25.7. The number of para-hydroxylation sites is 4. The molecule has 18 aromatic rings. The van der Waals surface area contributed by atoms with E-state index in [1.54, 1.807) is 0 Å². The second-order valence-corrected chi connectivity index (χ2v) is 25.7. The van der Waals surface area contributed by atoms with Crippen molar-refractivity contribution in [3.63, 3.8) is 0 Å². The van der Waals surface area contributed by atoms with E-state index in [0.29, 0.717) is 0 Å². The average molecular weight is 1210 g/mol. The summed E-state index contributed by atoms with van der Waals surface area (Å²) < 4.78 is 18.3. The van der Waals surface area contributed by atoms with E-state index >= 15 is 0 Å². The van der Waals surface area contributed by atoms with Gasteiger partial charge in [-0.25, -0.2) is 0 Å². The van der Waals surface area contributed by atoms with Crippen molar-refractivity contribution in [3.8, 4) is 22.3 Å². The van der Waals surface area contributed by atoms with E-state index in [9.17, 15) is 0 Å². The molecule has 0 fully saturated rings. The van der Waals surface area contributed by atoms with Gasteiger partial charge in [-0.05, 0) is 130 Å². The number of fused-ring (bicyclic) bond motifs is 24. The molecule has 0 N–H and O–H groups in total. The van der Waals surface area contributed by atoms with Gasteiger partial charge in [0, 0.05) is 54.9 Å². The summed E-state index contributed by atoms with van der Waals surface area (Å²) in [6.45, 7) is 19.8. The van der Waals surface area contributed by atoms with Gasteiger partial charge in [-0.1, -0.05) is 210 Å². The largest absolute Gasteiger partial charge is 0.249 e. The lowest BCUT2D eigenvalue weighted by atomic mass is 9.94. The fourth-order valence-corrected chi connectivity index (χ4v) is 15.4. The zero-order valence-corrected chi connectivity index (χ0v) is 55.6. The Balaban J connectivity index is 0.000000103. The van der Waals surface area contributed by atoms with E-state index in [1.807, 2.05) is 0 Å². The molecule has 10 aromatic carbocycles. The molecular formula is C85H78N8+4. The van der Waals surface area contributed by atoms with Crippen LogP contribution < -0.4 is 18.6 Å². The van der Waals surface area contributed by atoms with Gasteiger partial charge in [0.15, 0.2) is 27.3 Å². The fourth-order valence-electron chi connectivity index (χ4n) is 15.4. The van der Waals surface area contributed by atoms with Crippen LogP contribution in [0.3, 0.4) is 0 Å². The lowest BCUT2D eigenvalue weighted by molar-refractivity contribution is -0.735. The van der Waals surface area contributed by atoms with Crippen LogP contribution in [0.4, 0.5) is 0 Å². The maximum atomic E-state index is 2.38. The van der Waals surface area contributed by atoms with Gasteiger partial charge in [0.05, 0.1) is 34.6 Å². The lowest BCUT2D eigenvalue weighted by Crippen LogP contribution is -2.34. The smallest absolute Gasteiger partial charge is 0.154 e. The van der Waals surface area contributed by atoms with Crippen molar-refractivity contribution >= 4 is 109 Å². The molecule has 0 amide bonds. The molecule has 0 aliphatic rings. The number of hydrogen-bond acceptors (Lipinski definition) is 0. The van der Waals surface area contributed by atoms with E-state index in [1.165, 1.54) is 181 Å². The zero-order chi connectivity index (χ0) is 64.2. The van der Waals surface area contributed by atoms with Crippen molar-refractivity contribution in [3.05, 3.63) is 287 Å². The van der Waals surface area contributed by atoms with E-state index in [4.69, 9.17) is 0 Å². The first-order chi connectivity index (χ1) is 45.1. The molecule has 0 spiro atoms. The normalized spacial score (nSPS) is 11.7. The molecule has 8 heterocycles. The molecule has 0 saturated carbocycles. The molecule has 0 atom stereocenters. The van der Waals surface area contributed by atoms with Crippen molar-refractivity contribution < 1.29 is 18.6 Å². The molecule has 454 valence electrons. The van der Waals surface area contributed by atoms with Gasteiger partial charge in [0.1, 0.15) is 33.1 Å². The summed E-state index contributed by atoms with van der Waals surface area (Å²) in [4.78, 5) is 0. The van der Waals surface area contributed by atoms with Crippen molar-refractivity contribution in [2.24, 2.45) is 28.2 Å². The van der Waals surface area contributed by atoms with Crippen LogP contribution in [0.1, 0.15) is 50.2 Å². The van der Waals surface area contributed by atoms with Crippen LogP contribution in [0.5, 0.6) is 0 Å². The number of aromatic nitrogens is 8. The Morgan fingerprint density at radius 3 is 1.28 bits per heavy atom. The lowest BCUT2D eigenvalue weighted by Gasteiger charge is -2.11. The highest BCUT2D eigenvalue weighted by molar-refractivity contribution is 6.18. The third-order valence-corrected chi connectivity index (χ3v) is 19.9. The molecule has 8 heteroatoms. The van der Waals surface area contributed by atoms with Gasteiger partial charge in [0.2, 0.25) is 23.4 Å². The van der Waals surface area contributed by atoms with Crippen molar-refractivity contribution in [2.75, 3.05) is 0 Å². The summed E-state index contributed by atoms with van der Waals surface area (Å²) in [6, 6.07) is 78.7. The molecule has 0 saturated heterocycles. The van der Waals surface area contributed by atoms with Gasteiger partial charge in [-0.15, -0.1) is 27.6 Å². The topological polar surface area (TPSA) is 33.9 Å². The van der Waals surface area contributed by atoms with Crippen LogP contribution >= 0.6 is 0 Å². The van der Waals surface area contributed by atoms with Gasteiger partial charge in [-0.3, -0.25) is 0 Å². The first-order valence-electron chi connectivity index (χ1n) is 32.4. The van der Waals surface area contributed by atoms with E-state index < -0.39 is 0 Å². The van der Waals surface area contributed by atoms with Crippen molar-refractivity contribution in [1.29, 1.82) is 0 Å². The summed E-state index contributed by atoms with van der Waals surface area (Å²) in [7, 11) is 8.51. The van der Waals surface area contributed by atoms with Crippen molar-refractivity contribution in [1.82, 2.24) is 18.2 Å². The summed E-state index contributed by atoms with van der Waals surface area (Å²) in [5.74, 6) is 0. The number of nitrogens with zero attached hydrogens (tertiary/aromatic N) is 8. The predicted molar refractivity (Wildman–Crippen MR) is 388 cm³/mol. The van der Waals surface area contributed by atoms with E-state index in [2.05, 4.69) is 364 Å².